The van der Waals surface area contributed by atoms with E-state index in [-0.39, 0.29) is 24.4 Å². The first-order chi connectivity index (χ1) is 9.61. The lowest BCUT2D eigenvalue weighted by Crippen LogP contribution is -2.29. The predicted octanol–water partition coefficient (Wildman–Crippen LogP) is 2.62. The summed E-state index contributed by atoms with van der Waals surface area (Å²) in [4.78, 5) is 11.7. The predicted molar refractivity (Wildman–Crippen MR) is 87.9 cm³/mol. The van der Waals surface area contributed by atoms with Crippen molar-refractivity contribution in [2.24, 2.45) is 5.73 Å². The number of ether oxygens (including phenoxy) is 1. The van der Waals surface area contributed by atoms with Gasteiger partial charge in [0.2, 0.25) is 5.91 Å². The molecule has 0 saturated heterocycles. The van der Waals surface area contributed by atoms with Crippen LogP contribution in [0.2, 0.25) is 0 Å². The highest BCUT2D eigenvalue weighted by atomic mass is 35.5. The van der Waals surface area contributed by atoms with Crippen molar-refractivity contribution < 1.29 is 9.53 Å². The van der Waals surface area contributed by atoms with Crippen LogP contribution in [0, 0.1) is 0 Å². The van der Waals surface area contributed by atoms with Crippen molar-refractivity contribution >= 4 is 29.1 Å². The molecule has 0 radical (unpaired) electrons. The van der Waals surface area contributed by atoms with Gasteiger partial charge in [-0.25, -0.2) is 0 Å². The molecule has 0 aliphatic rings. The number of nitrogens with one attached hydrogen (secondary N) is 1. The van der Waals surface area contributed by atoms with E-state index in [1.165, 1.54) is 0 Å². The van der Waals surface area contributed by atoms with E-state index >= 15 is 0 Å². The normalized spacial score (nSPS) is 11.6. The summed E-state index contributed by atoms with van der Waals surface area (Å²) in [5.41, 5.74) is 6.61. The zero-order valence-corrected chi connectivity index (χ0v) is 13.1. The van der Waals surface area contributed by atoms with E-state index in [0.717, 1.165) is 22.1 Å². The molecule has 2 aromatic rings. The Hall–Kier alpha value is -1.78. The highest BCUT2D eigenvalue weighted by Gasteiger charge is 2.10. The van der Waals surface area contributed by atoms with E-state index in [4.69, 9.17) is 10.5 Å². The van der Waals surface area contributed by atoms with Crippen LogP contribution in [0.5, 0.6) is 5.75 Å². The van der Waals surface area contributed by atoms with Gasteiger partial charge in [0, 0.05) is 24.6 Å². The molecule has 2 rings (SSSR count). The second-order valence-electron chi connectivity index (χ2n) is 4.93. The standard InChI is InChI=1S/C16H20N2O2.ClH/c1-11(17)9-16(19)18-10-14-13-6-4-3-5-12(13)7-8-15(14)20-2;/h3-8,11H,9-10,17H2,1-2H3,(H,18,19);1H. The zero-order chi connectivity index (χ0) is 14.5. The molecule has 1 atom stereocenters. The summed E-state index contributed by atoms with van der Waals surface area (Å²) in [7, 11) is 1.64. The molecule has 0 aliphatic heterocycles. The SMILES string of the molecule is COc1ccc2ccccc2c1CNC(=O)CC(C)N.Cl. The van der Waals surface area contributed by atoms with Crippen LogP contribution in [-0.4, -0.2) is 19.1 Å². The Labute approximate surface area is 131 Å². The van der Waals surface area contributed by atoms with Crippen molar-refractivity contribution in [3.05, 3.63) is 42.0 Å². The monoisotopic (exact) mass is 308 g/mol. The summed E-state index contributed by atoms with van der Waals surface area (Å²) >= 11 is 0. The summed E-state index contributed by atoms with van der Waals surface area (Å²) in [6, 6.07) is 11.9. The molecule has 3 N–H and O–H groups in total. The molecule has 0 aromatic heterocycles. The van der Waals surface area contributed by atoms with Gasteiger partial charge >= 0.3 is 0 Å². The molecular weight excluding hydrogens is 288 g/mol. The van der Waals surface area contributed by atoms with Gasteiger partial charge in [-0.1, -0.05) is 30.3 Å². The Morgan fingerprint density at radius 3 is 2.67 bits per heavy atom. The van der Waals surface area contributed by atoms with E-state index in [2.05, 4.69) is 5.32 Å². The molecule has 0 spiro atoms. The molecule has 0 aliphatic carbocycles. The molecule has 1 unspecified atom stereocenters. The summed E-state index contributed by atoms with van der Waals surface area (Å²) < 4.78 is 5.39. The van der Waals surface area contributed by atoms with Crippen LogP contribution in [-0.2, 0) is 11.3 Å². The minimum Gasteiger partial charge on any atom is -0.496 e. The van der Waals surface area contributed by atoms with Crippen molar-refractivity contribution in [3.8, 4) is 5.75 Å². The van der Waals surface area contributed by atoms with Gasteiger partial charge in [-0.05, 0) is 23.8 Å². The second-order valence-corrected chi connectivity index (χ2v) is 4.93. The summed E-state index contributed by atoms with van der Waals surface area (Å²) in [6.07, 6.45) is 0.326. The van der Waals surface area contributed by atoms with Crippen LogP contribution in [0.4, 0.5) is 0 Å². The average Bonchev–Trinajstić information content (AvgIpc) is 2.43. The van der Waals surface area contributed by atoms with Gasteiger partial charge < -0.3 is 15.8 Å². The van der Waals surface area contributed by atoms with Gasteiger partial charge in [-0.2, -0.15) is 0 Å². The van der Waals surface area contributed by atoms with Gasteiger partial charge in [-0.3, -0.25) is 4.79 Å². The number of carbonyl (C=O) groups excluding carboxylic acids is 1. The first-order valence-electron chi connectivity index (χ1n) is 6.68. The molecule has 2 aromatic carbocycles. The van der Waals surface area contributed by atoms with Crippen LogP contribution in [0.25, 0.3) is 10.8 Å². The van der Waals surface area contributed by atoms with Crippen molar-refractivity contribution in [1.82, 2.24) is 5.32 Å². The largest absolute Gasteiger partial charge is 0.496 e. The van der Waals surface area contributed by atoms with Gasteiger partial charge in [0.1, 0.15) is 5.75 Å². The molecule has 0 heterocycles. The molecule has 0 bridgehead atoms. The van der Waals surface area contributed by atoms with Gasteiger partial charge in [-0.15, -0.1) is 12.4 Å². The van der Waals surface area contributed by atoms with Crippen molar-refractivity contribution in [1.29, 1.82) is 0 Å². The van der Waals surface area contributed by atoms with E-state index in [0.29, 0.717) is 13.0 Å². The van der Waals surface area contributed by atoms with Crippen molar-refractivity contribution in [2.75, 3.05) is 7.11 Å². The van der Waals surface area contributed by atoms with E-state index in [1.54, 1.807) is 7.11 Å². The lowest BCUT2D eigenvalue weighted by Gasteiger charge is -2.13. The van der Waals surface area contributed by atoms with Gasteiger partial charge in [0.05, 0.1) is 7.11 Å². The third-order valence-electron chi connectivity index (χ3n) is 3.19. The minimum atomic E-state index is -0.135. The molecule has 21 heavy (non-hydrogen) atoms. The van der Waals surface area contributed by atoms with Crippen LogP contribution in [0.15, 0.2) is 36.4 Å². The number of nitrogens with two attached hydrogens (primary N) is 1. The molecular formula is C16H21ClN2O2. The Balaban J connectivity index is 0.00000220. The molecule has 1 amide bonds. The van der Waals surface area contributed by atoms with Crippen molar-refractivity contribution in [2.45, 2.75) is 25.9 Å². The number of halogens is 1. The third-order valence-corrected chi connectivity index (χ3v) is 3.19. The smallest absolute Gasteiger partial charge is 0.221 e. The first-order valence-corrected chi connectivity index (χ1v) is 6.68. The number of hydrogen-bond acceptors (Lipinski definition) is 3. The number of benzene rings is 2. The average molecular weight is 309 g/mol. The molecule has 114 valence electrons. The van der Waals surface area contributed by atoms with Gasteiger partial charge in [0.25, 0.3) is 0 Å². The Bertz CT molecular complexity index is 614. The van der Waals surface area contributed by atoms with Crippen LogP contribution < -0.4 is 15.8 Å². The van der Waals surface area contributed by atoms with Gasteiger partial charge in [0.15, 0.2) is 0 Å². The molecule has 5 heteroatoms. The van der Waals surface area contributed by atoms with Crippen molar-refractivity contribution in [3.63, 3.8) is 0 Å². The highest BCUT2D eigenvalue weighted by Crippen LogP contribution is 2.27. The molecule has 4 nitrogen and oxygen atoms in total. The fourth-order valence-corrected chi connectivity index (χ4v) is 2.24. The maximum atomic E-state index is 11.7. The quantitative estimate of drug-likeness (QED) is 0.892. The number of amides is 1. The van der Waals surface area contributed by atoms with Crippen LogP contribution in [0.3, 0.4) is 0 Å². The number of methoxy groups -OCH3 is 1. The van der Waals surface area contributed by atoms with Crippen LogP contribution in [0.1, 0.15) is 18.9 Å². The number of carbonyl (C=O) groups is 1. The van der Waals surface area contributed by atoms with E-state index in [9.17, 15) is 4.79 Å². The summed E-state index contributed by atoms with van der Waals surface area (Å²) in [5.74, 6) is 0.736. The fourth-order valence-electron chi connectivity index (χ4n) is 2.24. The second kappa shape index (κ2) is 7.86. The molecule has 0 saturated carbocycles. The van der Waals surface area contributed by atoms with E-state index in [1.807, 2.05) is 43.3 Å². The lowest BCUT2D eigenvalue weighted by molar-refractivity contribution is -0.121. The Kier molecular flexibility index (Phi) is 6.46. The number of rotatable bonds is 5. The maximum absolute atomic E-state index is 11.7. The molecule has 0 fully saturated rings. The minimum absolute atomic E-state index is 0. The third kappa shape index (κ3) is 4.34. The Morgan fingerprint density at radius 2 is 2.00 bits per heavy atom. The summed E-state index contributed by atoms with van der Waals surface area (Å²) in [5, 5.41) is 5.12. The topological polar surface area (TPSA) is 64.3 Å². The summed E-state index contributed by atoms with van der Waals surface area (Å²) in [6.45, 7) is 2.26. The fraction of sp³-hybridized carbons (Fsp3) is 0.312. The van der Waals surface area contributed by atoms with E-state index < -0.39 is 0 Å². The number of fused-ring (bicyclic) bond motifs is 1. The zero-order valence-electron chi connectivity index (χ0n) is 12.3. The Morgan fingerprint density at radius 1 is 1.29 bits per heavy atom. The lowest BCUT2D eigenvalue weighted by atomic mass is 10.0. The highest BCUT2D eigenvalue weighted by molar-refractivity contribution is 5.88. The number of hydrogen-bond donors (Lipinski definition) is 2. The maximum Gasteiger partial charge on any atom is 0.221 e. The first kappa shape index (κ1) is 17.3. The van der Waals surface area contributed by atoms with Crippen LogP contribution >= 0.6 is 12.4 Å².